The number of nitrogens with zero attached hydrogens (tertiary/aromatic N) is 1. The highest BCUT2D eigenvalue weighted by Crippen LogP contribution is 2.06. The molecule has 2 atom stereocenters. The van der Waals surface area contributed by atoms with Gasteiger partial charge in [0, 0.05) is 25.6 Å². The second-order valence-electron chi connectivity index (χ2n) is 3.65. The Labute approximate surface area is 87.2 Å². The van der Waals surface area contributed by atoms with E-state index in [4.69, 9.17) is 16.3 Å². The molecule has 0 spiro atoms. The van der Waals surface area contributed by atoms with Crippen molar-refractivity contribution in [1.82, 2.24) is 4.90 Å². The van der Waals surface area contributed by atoms with E-state index in [9.17, 15) is 0 Å². The van der Waals surface area contributed by atoms with Gasteiger partial charge < -0.3 is 4.74 Å². The Balaban J connectivity index is 3.86. The maximum atomic E-state index is 5.78. The molecule has 13 heavy (non-hydrogen) atoms. The molecule has 0 aliphatic carbocycles. The van der Waals surface area contributed by atoms with Gasteiger partial charge in [0.05, 0.1) is 6.61 Å². The maximum absolute atomic E-state index is 5.78. The van der Waals surface area contributed by atoms with Gasteiger partial charge in [0.25, 0.3) is 0 Å². The van der Waals surface area contributed by atoms with E-state index in [1.54, 1.807) is 7.11 Å². The summed E-state index contributed by atoms with van der Waals surface area (Å²) < 4.78 is 5.13. The third-order valence-electron chi connectivity index (χ3n) is 2.25. The molecule has 0 saturated carbocycles. The standard InChI is InChI=1S/C10H22ClNO/c1-5-12(7-9(2)6-11)10(3)8-13-4/h9-10H,5-8H2,1-4H3. The summed E-state index contributed by atoms with van der Waals surface area (Å²) in [6, 6.07) is 0.487. The first kappa shape index (κ1) is 13.2. The van der Waals surface area contributed by atoms with E-state index >= 15 is 0 Å². The zero-order valence-corrected chi connectivity index (χ0v) is 9.97. The molecule has 80 valence electrons. The van der Waals surface area contributed by atoms with E-state index < -0.39 is 0 Å². The molecule has 0 amide bonds. The number of halogens is 1. The average Bonchev–Trinajstić information content (AvgIpc) is 2.14. The number of alkyl halides is 1. The smallest absolute Gasteiger partial charge is 0.0615 e. The molecule has 0 radical (unpaired) electrons. The van der Waals surface area contributed by atoms with Crippen molar-refractivity contribution in [2.75, 3.05) is 32.7 Å². The van der Waals surface area contributed by atoms with Crippen LogP contribution >= 0.6 is 11.6 Å². The normalized spacial score (nSPS) is 16.2. The Kier molecular flexibility index (Phi) is 7.72. The van der Waals surface area contributed by atoms with Crippen LogP contribution in [0.1, 0.15) is 20.8 Å². The van der Waals surface area contributed by atoms with E-state index in [1.807, 2.05) is 0 Å². The first-order valence-corrected chi connectivity index (χ1v) is 5.48. The lowest BCUT2D eigenvalue weighted by molar-refractivity contribution is 0.0953. The average molecular weight is 208 g/mol. The number of hydrogen-bond acceptors (Lipinski definition) is 2. The summed E-state index contributed by atoms with van der Waals surface area (Å²) in [6.45, 7) is 9.45. The van der Waals surface area contributed by atoms with Gasteiger partial charge in [-0.25, -0.2) is 0 Å². The molecule has 0 heterocycles. The summed E-state index contributed by atoms with van der Waals surface area (Å²) in [7, 11) is 1.75. The minimum atomic E-state index is 0.487. The molecule has 0 aliphatic rings. The van der Waals surface area contributed by atoms with Crippen molar-refractivity contribution >= 4 is 11.6 Å². The van der Waals surface area contributed by atoms with E-state index in [1.165, 1.54) is 0 Å². The zero-order valence-electron chi connectivity index (χ0n) is 9.22. The summed E-state index contributed by atoms with van der Waals surface area (Å²) in [5, 5.41) is 0. The van der Waals surface area contributed by atoms with Gasteiger partial charge in [-0.05, 0) is 19.4 Å². The zero-order chi connectivity index (χ0) is 10.3. The van der Waals surface area contributed by atoms with Crippen LogP contribution in [0.4, 0.5) is 0 Å². The third kappa shape index (κ3) is 5.50. The lowest BCUT2D eigenvalue weighted by Crippen LogP contribution is -2.39. The van der Waals surface area contributed by atoms with Crippen LogP contribution in [0.3, 0.4) is 0 Å². The first-order chi connectivity index (χ1) is 6.15. The molecular weight excluding hydrogens is 186 g/mol. The Morgan fingerprint density at radius 2 is 2.00 bits per heavy atom. The molecule has 0 N–H and O–H groups in total. The van der Waals surface area contributed by atoms with Crippen LogP contribution in [0.2, 0.25) is 0 Å². The van der Waals surface area contributed by atoms with Crippen molar-refractivity contribution < 1.29 is 4.74 Å². The number of likely N-dealkylation sites (N-methyl/N-ethyl adjacent to an activating group) is 1. The number of hydrogen-bond donors (Lipinski definition) is 0. The number of methoxy groups -OCH3 is 1. The second kappa shape index (κ2) is 7.60. The molecule has 0 saturated heterocycles. The molecule has 0 rings (SSSR count). The fourth-order valence-corrected chi connectivity index (χ4v) is 1.51. The molecule has 2 unspecified atom stereocenters. The van der Waals surface area contributed by atoms with Gasteiger partial charge in [-0.15, -0.1) is 11.6 Å². The second-order valence-corrected chi connectivity index (χ2v) is 3.96. The monoisotopic (exact) mass is 207 g/mol. The summed E-state index contributed by atoms with van der Waals surface area (Å²) in [4.78, 5) is 2.40. The molecule has 0 aromatic carbocycles. The Hall–Kier alpha value is 0.210. The lowest BCUT2D eigenvalue weighted by atomic mass is 10.1. The highest BCUT2D eigenvalue weighted by atomic mass is 35.5. The Bertz CT molecular complexity index is 121. The van der Waals surface area contributed by atoms with E-state index in [2.05, 4.69) is 25.7 Å². The van der Waals surface area contributed by atoms with Crippen LogP contribution in [0.25, 0.3) is 0 Å². The lowest BCUT2D eigenvalue weighted by Gasteiger charge is -2.29. The fourth-order valence-electron chi connectivity index (χ4n) is 1.42. The van der Waals surface area contributed by atoms with Gasteiger partial charge in [0.15, 0.2) is 0 Å². The summed E-state index contributed by atoms with van der Waals surface area (Å²) in [5.74, 6) is 1.29. The highest BCUT2D eigenvalue weighted by molar-refractivity contribution is 6.18. The van der Waals surface area contributed by atoms with E-state index in [-0.39, 0.29) is 0 Å². The van der Waals surface area contributed by atoms with Crippen molar-refractivity contribution in [3.8, 4) is 0 Å². The van der Waals surface area contributed by atoms with Gasteiger partial charge >= 0.3 is 0 Å². The van der Waals surface area contributed by atoms with Crippen LogP contribution in [0.5, 0.6) is 0 Å². The van der Waals surface area contributed by atoms with E-state index in [0.717, 1.165) is 25.6 Å². The van der Waals surface area contributed by atoms with Crippen molar-refractivity contribution in [3.63, 3.8) is 0 Å². The van der Waals surface area contributed by atoms with Crippen molar-refractivity contribution in [2.45, 2.75) is 26.8 Å². The van der Waals surface area contributed by atoms with Gasteiger partial charge in [0.1, 0.15) is 0 Å². The SMILES string of the molecule is CCN(CC(C)CCl)C(C)COC. The summed E-state index contributed by atoms with van der Waals surface area (Å²) in [5.41, 5.74) is 0. The van der Waals surface area contributed by atoms with Gasteiger partial charge in [-0.2, -0.15) is 0 Å². The molecule has 0 aromatic rings. The molecule has 0 aliphatic heterocycles. The van der Waals surface area contributed by atoms with Crippen LogP contribution in [0, 0.1) is 5.92 Å². The molecule has 3 heteroatoms. The molecule has 2 nitrogen and oxygen atoms in total. The number of rotatable bonds is 7. The van der Waals surface area contributed by atoms with Crippen molar-refractivity contribution in [2.24, 2.45) is 5.92 Å². The fraction of sp³-hybridized carbons (Fsp3) is 1.00. The summed E-state index contributed by atoms with van der Waals surface area (Å²) >= 11 is 5.78. The minimum Gasteiger partial charge on any atom is -0.383 e. The molecular formula is C10H22ClNO. The van der Waals surface area contributed by atoms with Crippen LogP contribution in [-0.4, -0.2) is 43.6 Å². The Morgan fingerprint density at radius 3 is 2.38 bits per heavy atom. The highest BCUT2D eigenvalue weighted by Gasteiger charge is 2.13. The first-order valence-electron chi connectivity index (χ1n) is 4.94. The van der Waals surface area contributed by atoms with Crippen LogP contribution < -0.4 is 0 Å². The molecule has 0 bridgehead atoms. The van der Waals surface area contributed by atoms with Crippen molar-refractivity contribution in [1.29, 1.82) is 0 Å². The van der Waals surface area contributed by atoms with E-state index in [0.29, 0.717) is 12.0 Å². The van der Waals surface area contributed by atoms with Crippen LogP contribution in [-0.2, 0) is 4.74 Å². The minimum absolute atomic E-state index is 0.487. The van der Waals surface area contributed by atoms with Gasteiger partial charge in [0.2, 0.25) is 0 Å². The topological polar surface area (TPSA) is 12.5 Å². The summed E-state index contributed by atoms with van der Waals surface area (Å²) in [6.07, 6.45) is 0. The van der Waals surface area contributed by atoms with Crippen LogP contribution in [0.15, 0.2) is 0 Å². The molecule has 0 aromatic heterocycles. The quantitative estimate of drug-likeness (QED) is 0.594. The largest absolute Gasteiger partial charge is 0.383 e. The van der Waals surface area contributed by atoms with Gasteiger partial charge in [-0.1, -0.05) is 13.8 Å². The van der Waals surface area contributed by atoms with Gasteiger partial charge in [-0.3, -0.25) is 4.90 Å². The van der Waals surface area contributed by atoms with Crippen molar-refractivity contribution in [3.05, 3.63) is 0 Å². The number of ether oxygens (including phenoxy) is 1. The maximum Gasteiger partial charge on any atom is 0.0615 e. The predicted molar refractivity (Wildman–Crippen MR) is 58.5 cm³/mol. The third-order valence-corrected chi connectivity index (χ3v) is 2.77. The Morgan fingerprint density at radius 1 is 1.38 bits per heavy atom. The predicted octanol–water partition coefficient (Wildman–Crippen LogP) is 2.22. The molecule has 0 fully saturated rings.